The molecule has 0 aliphatic rings. The summed E-state index contributed by atoms with van der Waals surface area (Å²) in [4.78, 5) is 24.2. The number of aryl methyl sites for hydroxylation is 2. The minimum absolute atomic E-state index is 0.0000387. The number of nitrogens with zero attached hydrogens (tertiary/aromatic N) is 4. The lowest BCUT2D eigenvalue weighted by molar-refractivity contribution is -0.116. The van der Waals surface area contributed by atoms with Crippen LogP contribution >= 0.6 is 0 Å². The maximum Gasteiger partial charge on any atom is 0.284 e. The molecule has 7 nitrogen and oxygen atoms in total. The van der Waals surface area contributed by atoms with Crippen molar-refractivity contribution in [2.75, 3.05) is 5.32 Å². The van der Waals surface area contributed by atoms with E-state index in [1.165, 1.54) is 0 Å². The monoisotopic (exact) mass is 321 g/mol. The van der Waals surface area contributed by atoms with E-state index in [4.69, 9.17) is 10.5 Å². The molecule has 7 heteroatoms. The number of benzene rings is 1. The Hall–Kier alpha value is -3.45. The van der Waals surface area contributed by atoms with Gasteiger partial charge >= 0.3 is 0 Å². The summed E-state index contributed by atoms with van der Waals surface area (Å²) in [5, 5.41) is 24.8. The first-order valence-electron chi connectivity index (χ1n) is 7.25. The van der Waals surface area contributed by atoms with Crippen molar-refractivity contribution in [2.45, 2.75) is 26.8 Å². The van der Waals surface area contributed by atoms with Gasteiger partial charge in [-0.3, -0.25) is 9.59 Å². The molecule has 2 rings (SSSR count). The minimum atomic E-state index is -0.508. The number of nitriles is 2. The average molecular weight is 321 g/mol. The molecular weight excluding hydrogens is 306 g/mol. The number of hydrogen-bond acceptors (Lipinski definition) is 5. The Morgan fingerprint density at radius 1 is 1.25 bits per heavy atom. The Morgan fingerprint density at radius 3 is 2.62 bits per heavy atom. The molecular formula is C17H15N5O2. The number of aromatic nitrogens is 2. The Bertz CT molecular complexity index is 931. The molecule has 0 radical (unpaired) electrons. The highest BCUT2D eigenvalue weighted by Gasteiger charge is 2.13. The summed E-state index contributed by atoms with van der Waals surface area (Å²) in [6, 6.07) is 10.5. The summed E-state index contributed by atoms with van der Waals surface area (Å²) in [6.07, 6.45) is 0.0000387. The number of rotatable bonds is 4. The Kier molecular flexibility index (Phi) is 5.08. The molecule has 1 aromatic carbocycles. The van der Waals surface area contributed by atoms with Crippen molar-refractivity contribution in [2.24, 2.45) is 0 Å². The molecule has 1 heterocycles. The second kappa shape index (κ2) is 7.21. The summed E-state index contributed by atoms with van der Waals surface area (Å²) in [7, 11) is 0. The first-order chi connectivity index (χ1) is 11.5. The van der Waals surface area contributed by atoms with Crippen molar-refractivity contribution < 1.29 is 4.79 Å². The zero-order chi connectivity index (χ0) is 17.7. The van der Waals surface area contributed by atoms with E-state index in [0.717, 1.165) is 4.68 Å². The van der Waals surface area contributed by atoms with Gasteiger partial charge in [-0.2, -0.15) is 15.6 Å². The first kappa shape index (κ1) is 16.9. The molecule has 1 N–H and O–H groups in total. The highest BCUT2D eigenvalue weighted by molar-refractivity contribution is 5.92. The largest absolute Gasteiger partial charge is 0.325 e. The van der Waals surface area contributed by atoms with Crippen molar-refractivity contribution in [1.29, 1.82) is 10.5 Å². The molecule has 0 atom stereocenters. The highest BCUT2D eigenvalue weighted by atomic mass is 16.2. The molecule has 2 aromatic rings. The SMILES string of the molecule is Cc1nn(CCC(=O)Nc2ccccc2C#N)c(=O)c(C#N)c1C. The van der Waals surface area contributed by atoms with Crippen molar-refractivity contribution in [3.05, 3.63) is 57.0 Å². The predicted octanol–water partition coefficient (Wildman–Crippen LogP) is 1.63. The second-order valence-electron chi connectivity index (χ2n) is 5.18. The molecule has 120 valence electrons. The van der Waals surface area contributed by atoms with Crippen LogP contribution in [0.2, 0.25) is 0 Å². The molecule has 0 spiro atoms. The summed E-state index contributed by atoms with van der Waals surface area (Å²) in [5.74, 6) is -0.344. The van der Waals surface area contributed by atoms with Crippen LogP contribution < -0.4 is 10.9 Å². The third-order valence-corrected chi connectivity index (χ3v) is 3.62. The number of hydrogen-bond donors (Lipinski definition) is 1. The van der Waals surface area contributed by atoms with Gasteiger partial charge in [0.05, 0.1) is 23.5 Å². The number of anilines is 1. The van der Waals surface area contributed by atoms with E-state index in [2.05, 4.69) is 10.4 Å². The second-order valence-corrected chi connectivity index (χ2v) is 5.18. The van der Waals surface area contributed by atoms with Crippen molar-refractivity contribution in [3.63, 3.8) is 0 Å². The lowest BCUT2D eigenvalue weighted by atomic mass is 10.1. The number of para-hydroxylation sites is 1. The van der Waals surface area contributed by atoms with Gasteiger partial charge in [-0.05, 0) is 31.5 Å². The van der Waals surface area contributed by atoms with E-state index in [1.54, 1.807) is 38.1 Å². The topological polar surface area (TPSA) is 112 Å². The van der Waals surface area contributed by atoms with Gasteiger partial charge in [0.25, 0.3) is 5.56 Å². The lowest BCUT2D eigenvalue weighted by Crippen LogP contribution is -2.29. The zero-order valence-electron chi connectivity index (χ0n) is 13.3. The Balaban J connectivity index is 2.13. The molecule has 0 fully saturated rings. The normalized spacial score (nSPS) is 9.83. The average Bonchev–Trinajstić information content (AvgIpc) is 2.58. The molecule has 0 unspecified atom stereocenters. The molecule has 0 saturated carbocycles. The van der Waals surface area contributed by atoms with Crippen LogP contribution in [0.15, 0.2) is 29.1 Å². The number of amides is 1. The maximum absolute atomic E-state index is 12.1. The van der Waals surface area contributed by atoms with E-state index < -0.39 is 5.56 Å². The van der Waals surface area contributed by atoms with Crippen LogP contribution in [0.1, 0.15) is 28.8 Å². The van der Waals surface area contributed by atoms with Gasteiger partial charge in [0.15, 0.2) is 0 Å². The van der Waals surface area contributed by atoms with Crippen LogP contribution in [0.3, 0.4) is 0 Å². The molecule has 24 heavy (non-hydrogen) atoms. The van der Waals surface area contributed by atoms with E-state index in [0.29, 0.717) is 22.5 Å². The third kappa shape index (κ3) is 3.47. The van der Waals surface area contributed by atoms with Gasteiger partial charge in [-0.1, -0.05) is 12.1 Å². The summed E-state index contributed by atoms with van der Waals surface area (Å²) in [5.41, 5.74) is 1.43. The van der Waals surface area contributed by atoms with Crippen molar-refractivity contribution >= 4 is 11.6 Å². The van der Waals surface area contributed by atoms with Crippen LogP contribution in [-0.2, 0) is 11.3 Å². The fourth-order valence-electron chi connectivity index (χ4n) is 2.16. The maximum atomic E-state index is 12.1. The molecule has 1 aromatic heterocycles. The fraction of sp³-hybridized carbons (Fsp3) is 0.235. The number of nitrogens with one attached hydrogen (secondary N) is 1. The van der Waals surface area contributed by atoms with Gasteiger partial charge in [-0.25, -0.2) is 4.68 Å². The molecule has 1 amide bonds. The lowest BCUT2D eigenvalue weighted by Gasteiger charge is -2.10. The van der Waals surface area contributed by atoms with Gasteiger partial charge in [0, 0.05) is 6.42 Å². The molecule has 0 bridgehead atoms. The van der Waals surface area contributed by atoms with Gasteiger partial charge in [-0.15, -0.1) is 0 Å². The third-order valence-electron chi connectivity index (χ3n) is 3.62. The van der Waals surface area contributed by atoms with E-state index >= 15 is 0 Å². The number of carbonyl (C=O) groups excluding carboxylic acids is 1. The van der Waals surface area contributed by atoms with Gasteiger partial charge in [0.1, 0.15) is 17.7 Å². The molecule has 0 saturated heterocycles. The summed E-state index contributed by atoms with van der Waals surface area (Å²) in [6.45, 7) is 3.42. The minimum Gasteiger partial charge on any atom is -0.325 e. The number of carbonyl (C=O) groups is 1. The predicted molar refractivity (Wildman–Crippen MR) is 87.1 cm³/mol. The van der Waals surface area contributed by atoms with Gasteiger partial charge < -0.3 is 5.32 Å². The fourth-order valence-corrected chi connectivity index (χ4v) is 2.16. The van der Waals surface area contributed by atoms with Crippen LogP contribution in [0, 0.1) is 36.5 Å². The highest BCUT2D eigenvalue weighted by Crippen LogP contribution is 2.13. The summed E-state index contributed by atoms with van der Waals surface area (Å²) >= 11 is 0. The van der Waals surface area contributed by atoms with Crippen LogP contribution in [0.25, 0.3) is 0 Å². The van der Waals surface area contributed by atoms with E-state index in [-0.39, 0.29) is 24.4 Å². The molecule has 0 aliphatic carbocycles. The smallest absolute Gasteiger partial charge is 0.284 e. The van der Waals surface area contributed by atoms with E-state index in [1.807, 2.05) is 12.1 Å². The van der Waals surface area contributed by atoms with Crippen molar-refractivity contribution in [3.8, 4) is 12.1 Å². The van der Waals surface area contributed by atoms with Crippen LogP contribution in [-0.4, -0.2) is 15.7 Å². The van der Waals surface area contributed by atoms with Gasteiger partial charge in [0.2, 0.25) is 5.91 Å². The van der Waals surface area contributed by atoms with Crippen LogP contribution in [0.5, 0.6) is 0 Å². The summed E-state index contributed by atoms with van der Waals surface area (Å²) < 4.78 is 1.12. The van der Waals surface area contributed by atoms with Crippen molar-refractivity contribution in [1.82, 2.24) is 9.78 Å². The standard InChI is InChI=1S/C17H15N5O2/c1-11-12(2)21-22(17(24)14(11)10-19)8-7-16(23)20-15-6-4-3-5-13(15)9-18/h3-6H,7-8H2,1-2H3,(H,20,23). The zero-order valence-corrected chi connectivity index (χ0v) is 13.3. The van der Waals surface area contributed by atoms with E-state index in [9.17, 15) is 9.59 Å². The Morgan fingerprint density at radius 2 is 1.96 bits per heavy atom. The quantitative estimate of drug-likeness (QED) is 0.920. The first-order valence-corrected chi connectivity index (χ1v) is 7.25. The molecule has 0 aliphatic heterocycles. The Labute approximate surface area is 138 Å². The van der Waals surface area contributed by atoms with Crippen LogP contribution in [0.4, 0.5) is 5.69 Å².